The van der Waals surface area contributed by atoms with E-state index in [4.69, 9.17) is 16.7 Å². The molecule has 2 aromatic rings. The number of amides is 1. The number of rotatable bonds is 4. The van der Waals surface area contributed by atoms with Gasteiger partial charge in [0.25, 0.3) is 0 Å². The molecule has 0 saturated carbocycles. The van der Waals surface area contributed by atoms with Crippen molar-refractivity contribution in [1.29, 1.82) is 0 Å². The fraction of sp³-hybridized carbons (Fsp3) is 0.0667. The first-order chi connectivity index (χ1) is 9.97. The van der Waals surface area contributed by atoms with Gasteiger partial charge in [0.1, 0.15) is 5.75 Å². The van der Waals surface area contributed by atoms with E-state index in [0.29, 0.717) is 11.3 Å². The topological polar surface area (TPSA) is 86.6 Å². The number of aromatic hydroxyl groups is 1. The van der Waals surface area contributed by atoms with Crippen molar-refractivity contribution in [3.05, 3.63) is 58.6 Å². The molecule has 0 aromatic heterocycles. The van der Waals surface area contributed by atoms with Crippen LogP contribution in [0.2, 0.25) is 5.02 Å². The number of nitrogens with one attached hydrogen (secondary N) is 1. The van der Waals surface area contributed by atoms with Crippen LogP contribution in [0.25, 0.3) is 0 Å². The van der Waals surface area contributed by atoms with E-state index in [1.807, 2.05) is 0 Å². The van der Waals surface area contributed by atoms with Gasteiger partial charge in [0, 0.05) is 11.3 Å². The summed E-state index contributed by atoms with van der Waals surface area (Å²) in [6.45, 7) is 0. The van der Waals surface area contributed by atoms with Crippen molar-refractivity contribution >= 4 is 29.2 Å². The van der Waals surface area contributed by atoms with Crippen molar-refractivity contribution in [2.24, 2.45) is 0 Å². The smallest absolute Gasteiger partial charge is 0.337 e. The molecule has 0 aliphatic rings. The number of carboxylic acid groups (broad SMARTS) is 1. The third-order valence-electron chi connectivity index (χ3n) is 2.82. The third-order valence-corrected chi connectivity index (χ3v) is 3.15. The van der Waals surface area contributed by atoms with Crippen LogP contribution in [0.15, 0.2) is 42.5 Å². The lowest BCUT2D eigenvalue weighted by Crippen LogP contribution is -2.15. The summed E-state index contributed by atoms with van der Waals surface area (Å²) in [5.74, 6) is -1.50. The van der Waals surface area contributed by atoms with Crippen LogP contribution in [0.1, 0.15) is 15.9 Å². The fourth-order valence-electron chi connectivity index (χ4n) is 1.81. The summed E-state index contributed by atoms with van der Waals surface area (Å²) in [4.78, 5) is 22.9. The molecule has 0 atom stereocenters. The van der Waals surface area contributed by atoms with E-state index < -0.39 is 5.97 Å². The second-order valence-electron chi connectivity index (χ2n) is 4.35. The molecule has 5 nitrogen and oxygen atoms in total. The Balaban J connectivity index is 2.12. The minimum atomic E-state index is -1.17. The summed E-state index contributed by atoms with van der Waals surface area (Å²) in [5.41, 5.74) is 0.733. The quantitative estimate of drug-likeness (QED) is 0.810. The molecule has 0 unspecified atom stereocenters. The summed E-state index contributed by atoms with van der Waals surface area (Å²) in [6.07, 6.45) is -0.0162. The molecule has 0 fully saturated rings. The molecular weight excluding hydrogens is 294 g/mol. The SMILES string of the molecule is O=C(Cc1ccccc1O)Nc1ccc(Cl)c(C(=O)O)c1. The van der Waals surface area contributed by atoms with Crippen LogP contribution < -0.4 is 5.32 Å². The van der Waals surface area contributed by atoms with E-state index in [2.05, 4.69) is 5.32 Å². The predicted octanol–water partition coefficient (Wildman–Crippen LogP) is 2.93. The molecule has 6 heteroatoms. The van der Waals surface area contributed by atoms with Crippen LogP contribution in [0.5, 0.6) is 5.75 Å². The molecule has 3 N–H and O–H groups in total. The molecule has 0 aliphatic heterocycles. The van der Waals surface area contributed by atoms with Crippen molar-refractivity contribution in [2.75, 3.05) is 5.32 Å². The van der Waals surface area contributed by atoms with E-state index in [1.165, 1.54) is 24.3 Å². The molecule has 0 spiro atoms. The largest absolute Gasteiger partial charge is 0.508 e. The molecule has 0 heterocycles. The maximum absolute atomic E-state index is 11.9. The van der Waals surface area contributed by atoms with Gasteiger partial charge in [-0.3, -0.25) is 4.79 Å². The van der Waals surface area contributed by atoms with E-state index in [1.54, 1.807) is 18.2 Å². The van der Waals surface area contributed by atoms with E-state index in [9.17, 15) is 14.7 Å². The maximum Gasteiger partial charge on any atom is 0.337 e. The molecule has 0 saturated heterocycles. The Labute approximate surface area is 125 Å². The number of carbonyl (C=O) groups is 2. The number of carbonyl (C=O) groups excluding carboxylic acids is 1. The summed E-state index contributed by atoms with van der Waals surface area (Å²) < 4.78 is 0. The van der Waals surface area contributed by atoms with E-state index >= 15 is 0 Å². The van der Waals surface area contributed by atoms with E-state index in [0.717, 1.165) is 0 Å². The minimum Gasteiger partial charge on any atom is -0.508 e. The van der Waals surface area contributed by atoms with Crippen molar-refractivity contribution in [1.82, 2.24) is 0 Å². The molecule has 1 amide bonds. The van der Waals surface area contributed by atoms with Gasteiger partial charge in [-0.25, -0.2) is 4.79 Å². The Morgan fingerprint density at radius 1 is 1.14 bits per heavy atom. The summed E-state index contributed by atoms with van der Waals surface area (Å²) in [5, 5.41) is 21.2. The van der Waals surface area contributed by atoms with Gasteiger partial charge in [-0.1, -0.05) is 29.8 Å². The van der Waals surface area contributed by atoms with Gasteiger partial charge in [0.2, 0.25) is 5.91 Å². The van der Waals surface area contributed by atoms with Crippen molar-refractivity contribution in [3.8, 4) is 5.75 Å². The Morgan fingerprint density at radius 3 is 2.52 bits per heavy atom. The van der Waals surface area contributed by atoms with Gasteiger partial charge in [0.15, 0.2) is 0 Å². The Morgan fingerprint density at radius 2 is 1.86 bits per heavy atom. The van der Waals surface area contributed by atoms with Gasteiger partial charge in [0.05, 0.1) is 17.0 Å². The highest BCUT2D eigenvalue weighted by molar-refractivity contribution is 6.33. The zero-order valence-corrected chi connectivity index (χ0v) is 11.6. The number of aromatic carboxylic acids is 1. The van der Waals surface area contributed by atoms with Crippen LogP contribution in [0.4, 0.5) is 5.69 Å². The normalized spacial score (nSPS) is 10.1. The maximum atomic E-state index is 11.9. The van der Waals surface area contributed by atoms with Gasteiger partial charge >= 0.3 is 5.97 Å². The zero-order valence-electron chi connectivity index (χ0n) is 10.8. The highest BCUT2D eigenvalue weighted by Gasteiger charge is 2.12. The lowest BCUT2D eigenvalue weighted by molar-refractivity contribution is -0.115. The predicted molar refractivity (Wildman–Crippen MR) is 78.9 cm³/mol. The Hall–Kier alpha value is -2.53. The summed E-state index contributed by atoms with van der Waals surface area (Å²) >= 11 is 5.75. The molecular formula is C15H12ClNO4. The first-order valence-corrected chi connectivity index (χ1v) is 6.44. The Kier molecular flexibility index (Phi) is 4.45. The number of para-hydroxylation sites is 1. The zero-order chi connectivity index (χ0) is 15.4. The number of phenolic OH excluding ortho intramolecular Hbond substituents is 1. The Bertz CT molecular complexity index is 700. The number of phenols is 1. The average Bonchev–Trinajstić information content (AvgIpc) is 2.43. The number of carboxylic acids is 1. The van der Waals surface area contributed by atoms with Crippen molar-refractivity contribution in [2.45, 2.75) is 6.42 Å². The first kappa shape index (κ1) is 14.9. The molecule has 0 radical (unpaired) electrons. The lowest BCUT2D eigenvalue weighted by atomic mass is 10.1. The average molecular weight is 306 g/mol. The number of anilines is 1. The van der Waals surface area contributed by atoms with Crippen molar-refractivity contribution in [3.63, 3.8) is 0 Å². The van der Waals surface area contributed by atoms with Crippen LogP contribution >= 0.6 is 11.6 Å². The molecule has 108 valence electrons. The van der Waals surface area contributed by atoms with Crippen LogP contribution in [0, 0.1) is 0 Å². The highest BCUT2D eigenvalue weighted by atomic mass is 35.5. The molecule has 2 aromatic carbocycles. The van der Waals surface area contributed by atoms with Crippen LogP contribution in [-0.2, 0) is 11.2 Å². The van der Waals surface area contributed by atoms with Gasteiger partial charge < -0.3 is 15.5 Å². The lowest BCUT2D eigenvalue weighted by Gasteiger charge is -2.08. The van der Waals surface area contributed by atoms with Crippen molar-refractivity contribution < 1.29 is 19.8 Å². The number of hydrogen-bond donors (Lipinski definition) is 3. The number of hydrogen-bond acceptors (Lipinski definition) is 3. The molecule has 0 bridgehead atoms. The number of halogens is 1. The van der Waals surface area contributed by atoms with Gasteiger partial charge in [-0.2, -0.15) is 0 Å². The van der Waals surface area contributed by atoms with E-state index in [-0.39, 0.29) is 28.7 Å². The fourth-order valence-corrected chi connectivity index (χ4v) is 2.00. The van der Waals surface area contributed by atoms with Crippen LogP contribution in [0.3, 0.4) is 0 Å². The minimum absolute atomic E-state index is 0.0162. The van der Waals surface area contributed by atoms with Gasteiger partial charge in [-0.15, -0.1) is 0 Å². The van der Waals surface area contributed by atoms with Gasteiger partial charge in [-0.05, 0) is 24.3 Å². The first-order valence-electron chi connectivity index (χ1n) is 6.07. The second-order valence-corrected chi connectivity index (χ2v) is 4.76. The molecule has 2 rings (SSSR count). The summed E-state index contributed by atoms with van der Waals surface area (Å²) in [7, 11) is 0. The number of benzene rings is 2. The monoisotopic (exact) mass is 305 g/mol. The summed E-state index contributed by atoms with van der Waals surface area (Å²) in [6, 6.07) is 10.7. The molecule has 0 aliphatic carbocycles. The third kappa shape index (κ3) is 3.73. The second kappa shape index (κ2) is 6.28. The van der Waals surface area contributed by atoms with Crippen LogP contribution in [-0.4, -0.2) is 22.1 Å². The highest BCUT2D eigenvalue weighted by Crippen LogP contribution is 2.21. The standard InChI is InChI=1S/C15H12ClNO4/c16-12-6-5-10(8-11(12)15(20)21)17-14(19)7-9-3-1-2-4-13(9)18/h1-6,8,18H,7H2,(H,17,19)(H,20,21). The molecule has 21 heavy (non-hydrogen) atoms.